The van der Waals surface area contributed by atoms with Gasteiger partial charge >= 0.3 is 5.97 Å². The van der Waals surface area contributed by atoms with Gasteiger partial charge in [-0.2, -0.15) is 0 Å². The number of carboxylic acid groups (broad SMARTS) is 1. The van der Waals surface area contributed by atoms with Crippen LogP contribution in [0.2, 0.25) is 0 Å². The topological polar surface area (TPSA) is 101 Å². The van der Waals surface area contributed by atoms with Gasteiger partial charge in [-0.15, -0.1) is 12.4 Å². The molecule has 5 nitrogen and oxygen atoms in total. The second-order valence-corrected chi connectivity index (χ2v) is 1.70. The zero-order chi connectivity index (χ0) is 7.49. The molecule has 0 aromatic carbocycles. The Kier molecular flexibility index (Phi) is 5.49. The van der Waals surface area contributed by atoms with E-state index >= 15 is 0 Å². The number of hydrogen-bond acceptors (Lipinski definition) is 4. The van der Waals surface area contributed by atoms with E-state index in [1.807, 2.05) is 0 Å². The van der Waals surface area contributed by atoms with Crippen molar-refractivity contribution in [1.29, 1.82) is 0 Å². The molecule has 0 unspecified atom stereocenters. The summed E-state index contributed by atoms with van der Waals surface area (Å²) >= 11 is 0. The highest BCUT2D eigenvalue weighted by atomic mass is 35.5. The van der Waals surface area contributed by atoms with Crippen LogP contribution in [-0.4, -0.2) is 23.4 Å². The number of likely N-dealkylation sites (N-methyl/N-ethyl adjacent to an activating group) is 1. The van der Waals surface area contributed by atoms with Gasteiger partial charge in [-0.1, -0.05) is 6.92 Å². The Morgan fingerprint density at radius 1 is 1.70 bits per heavy atom. The molecule has 0 aliphatic rings. The van der Waals surface area contributed by atoms with Gasteiger partial charge in [0.1, 0.15) is 0 Å². The lowest BCUT2D eigenvalue weighted by Crippen LogP contribution is -2.66. The maximum atomic E-state index is 10.1. The molecule has 0 heterocycles. The van der Waals surface area contributed by atoms with E-state index in [4.69, 9.17) is 16.6 Å². The summed E-state index contributed by atoms with van der Waals surface area (Å²) in [6.07, 6.45) is 0. The normalized spacial score (nSPS) is 10.3. The first kappa shape index (κ1) is 12.3. The summed E-state index contributed by atoms with van der Waals surface area (Å²) in [4.78, 5) is 10.1. The van der Waals surface area contributed by atoms with Crippen LogP contribution in [0.1, 0.15) is 6.92 Å². The molecule has 10 heavy (non-hydrogen) atoms. The summed E-state index contributed by atoms with van der Waals surface area (Å²) in [5.74, 6) is -3.04. The third kappa shape index (κ3) is 3.62. The Balaban J connectivity index is 0. The predicted octanol–water partition coefficient (Wildman–Crippen LogP) is -1.33. The first-order valence-corrected chi connectivity index (χ1v) is 2.57. The van der Waals surface area contributed by atoms with Gasteiger partial charge in [0.05, 0.1) is 0 Å². The molecule has 0 bridgehead atoms. The molecular formula is C4H12ClN3O2. The predicted molar refractivity (Wildman–Crippen MR) is 39.7 cm³/mol. The third-order valence-corrected chi connectivity index (χ3v) is 0.823. The van der Waals surface area contributed by atoms with E-state index in [9.17, 15) is 4.79 Å². The maximum absolute atomic E-state index is 10.1. The molecular weight excluding hydrogens is 158 g/mol. The van der Waals surface area contributed by atoms with Gasteiger partial charge in [0.2, 0.25) is 5.79 Å². The molecule has 0 aromatic heterocycles. The van der Waals surface area contributed by atoms with Crippen LogP contribution >= 0.6 is 12.4 Å². The van der Waals surface area contributed by atoms with Gasteiger partial charge in [-0.05, 0) is 6.54 Å². The maximum Gasteiger partial charge on any atom is 0.354 e. The van der Waals surface area contributed by atoms with E-state index in [2.05, 4.69) is 5.32 Å². The first-order valence-electron chi connectivity index (χ1n) is 2.57. The van der Waals surface area contributed by atoms with Crippen LogP contribution in [0.4, 0.5) is 0 Å². The summed E-state index contributed by atoms with van der Waals surface area (Å²) < 4.78 is 0. The number of nitrogens with one attached hydrogen (secondary N) is 1. The lowest BCUT2D eigenvalue weighted by atomic mass is 10.4. The minimum Gasteiger partial charge on any atom is -0.478 e. The van der Waals surface area contributed by atoms with E-state index in [0.717, 1.165) is 0 Å². The fraction of sp³-hybridized carbons (Fsp3) is 0.750. The number of carbonyl (C=O) groups is 1. The number of carboxylic acids is 1. The van der Waals surface area contributed by atoms with Crippen LogP contribution in [0.5, 0.6) is 0 Å². The quantitative estimate of drug-likeness (QED) is 0.393. The number of aliphatic carboxylic acids is 1. The fourth-order valence-electron chi connectivity index (χ4n) is 0.368. The molecule has 0 amide bonds. The monoisotopic (exact) mass is 169 g/mol. The number of nitrogens with two attached hydrogens (primary N) is 2. The molecule has 0 rings (SSSR count). The molecule has 62 valence electrons. The van der Waals surface area contributed by atoms with Crippen molar-refractivity contribution in [1.82, 2.24) is 5.32 Å². The summed E-state index contributed by atoms with van der Waals surface area (Å²) in [6.45, 7) is 2.15. The SMILES string of the molecule is CCNC(N)(N)C(=O)O.Cl. The largest absolute Gasteiger partial charge is 0.478 e. The van der Waals surface area contributed by atoms with Crippen LogP contribution in [0.3, 0.4) is 0 Å². The molecule has 0 saturated heterocycles. The minimum absolute atomic E-state index is 0. The number of halogens is 1. The molecule has 0 saturated carbocycles. The van der Waals surface area contributed by atoms with Gasteiger partial charge in [0.15, 0.2) is 0 Å². The fourth-order valence-corrected chi connectivity index (χ4v) is 0.368. The van der Waals surface area contributed by atoms with Gasteiger partial charge in [-0.25, -0.2) is 4.79 Å². The van der Waals surface area contributed by atoms with Crippen molar-refractivity contribution in [2.45, 2.75) is 12.7 Å². The highest BCUT2D eigenvalue weighted by molar-refractivity contribution is 5.85. The highest BCUT2D eigenvalue weighted by Crippen LogP contribution is 1.81. The van der Waals surface area contributed by atoms with Gasteiger partial charge < -0.3 is 5.11 Å². The second kappa shape index (κ2) is 4.45. The molecule has 0 fully saturated rings. The molecule has 0 aliphatic carbocycles. The van der Waals surface area contributed by atoms with Crippen LogP contribution in [0, 0.1) is 0 Å². The van der Waals surface area contributed by atoms with E-state index in [1.165, 1.54) is 0 Å². The van der Waals surface area contributed by atoms with Crippen molar-refractivity contribution in [3.63, 3.8) is 0 Å². The van der Waals surface area contributed by atoms with Crippen molar-refractivity contribution >= 4 is 18.4 Å². The number of rotatable bonds is 3. The standard InChI is InChI=1S/C4H11N3O2.ClH/c1-2-7-4(5,6)3(8)9;/h7H,2,5-6H2,1H3,(H,8,9);1H. The minimum atomic E-state index is -1.78. The van der Waals surface area contributed by atoms with E-state index in [-0.39, 0.29) is 12.4 Å². The lowest BCUT2D eigenvalue weighted by molar-refractivity contribution is -0.144. The Morgan fingerprint density at radius 2 is 2.10 bits per heavy atom. The Morgan fingerprint density at radius 3 is 2.20 bits per heavy atom. The van der Waals surface area contributed by atoms with Gasteiger partial charge in [0.25, 0.3) is 0 Å². The van der Waals surface area contributed by atoms with Crippen molar-refractivity contribution in [2.75, 3.05) is 6.54 Å². The van der Waals surface area contributed by atoms with Gasteiger partial charge in [-0.3, -0.25) is 16.8 Å². The van der Waals surface area contributed by atoms with Crippen LogP contribution in [-0.2, 0) is 4.79 Å². The molecule has 0 aliphatic heterocycles. The summed E-state index contributed by atoms with van der Waals surface area (Å²) in [5.41, 5.74) is 10.1. The van der Waals surface area contributed by atoms with Crippen LogP contribution in [0.15, 0.2) is 0 Å². The van der Waals surface area contributed by atoms with Crippen LogP contribution < -0.4 is 16.8 Å². The second-order valence-electron chi connectivity index (χ2n) is 1.70. The van der Waals surface area contributed by atoms with E-state index in [0.29, 0.717) is 6.54 Å². The van der Waals surface area contributed by atoms with Crippen molar-refractivity contribution in [3.8, 4) is 0 Å². The Labute approximate surface area is 65.2 Å². The molecule has 0 radical (unpaired) electrons. The van der Waals surface area contributed by atoms with Crippen molar-refractivity contribution in [2.24, 2.45) is 11.5 Å². The average molecular weight is 170 g/mol. The molecule has 0 spiro atoms. The summed E-state index contributed by atoms with van der Waals surface area (Å²) in [7, 11) is 0. The van der Waals surface area contributed by atoms with Gasteiger partial charge in [0, 0.05) is 0 Å². The Hall–Kier alpha value is -0.360. The third-order valence-electron chi connectivity index (χ3n) is 0.823. The average Bonchev–Trinajstić information content (AvgIpc) is 1.65. The molecule has 0 aromatic rings. The zero-order valence-electron chi connectivity index (χ0n) is 5.63. The molecule has 0 atom stereocenters. The first-order chi connectivity index (χ1) is 4.00. The van der Waals surface area contributed by atoms with E-state index in [1.54, 1.807) is 6.92 Å². The smallest absolute Gasteiger partial charge is 0.354 e. The van der Waals surface area contributed by atoms with Crippen LogP contribution in [0.25, 0.3) is 0 Å². The van der Waals surface area contributed by atoms with E-state index < -0.39 is 11.8 Å². The number of hydrogen-bond donors (Lipinski definition) is 4. The molecule has 6 heteroatoms. The Bertz CT molecular complexity index is 117. The van der Waals surface area contributed by atoms with Crippen molar-refractivity contribution in [3.05, 3.63) is 0 Å². The molecule has 6 N–H and O–H groups in total. The zero-order valence-corrected chi connectivity index (χ0v) is 6.44. The lowest BCUT2D eigenvalue weighted by Gasteiger charge is -2.18. The van der Waals surface area contributed by atoms with Crippen molar-refractivity contribution < 1.29 is 9.90 Å². The summed E-state index contributed by atoms with van der Waals surface area (Å²) in [6, 6.07) is 0. The summed E-state index contributed by atoms with van der Waals surface area (Å²) in [5, 5.41) is 10.6. The highest BCUT2D eigenvalue weighted by Gasteiger charge is 2.26.